The van der Waals surface area contributed by atoms with Gasteiger partial charge in [-0.25, -0.2) is 14.8 Å². The summed E-state index contributed by atoms with van der Waals surface area (Å²) in [6.45, 7) is 5.54. The van der Waals surface area contributed by atoms with E-state index in [1.165, 1.54) is 7.11 Å². The van der Waals surface area contributed by atoms with Crippen LogP contribution >= 0.6 is 0 Å². The first-order valence-electron chi connectivity index (χ1n) is 5.95. The van der Waals surface area contributed by atoms with Gasteiger partial charge in [0.1, 0.15) is 5.82 Å². The molecule has 1 aliphatic heterocycles. The molecule has 2 unspecified atom stereocenters. The van der Waals surface area contributed by atoms with Gasteiger partial charge in [-0.3, -0.25) is 0 Å². The molecule has 1 aromatic rings. The predicted molar refractivity (Wildman–Crippen MR) is 67.5 cm³/mol. The highest BCUT2D eigenvalue weighted by molar-refractivity contribution is 5.85. The van der Waals surface area contributed by atoms with Crippen LogP contribution in [0.15, 0.2) is 6.07 Å². The number of nitrogens with two attached hydrogens (primary N) is 1. The maximum absolute atomic E-state index is 11.5. The number of aryl methyl sites for hydroxylation is 1. The Morgan fingerprint density at radius 1 is 1.50 bits per heavy atom. The maximum atomic E-state index is 11.5. The average Bonchev–Trinajstić information content (AvgIpc) is 2.68. The van der Waals surface area contributed by atoms with E-state index in [1.807, 2.05) is 13.0 Å². The first kappa shape index (κ1) is 12.8. The SMILES string of the molecule is COC(=O)c1nc(C)cc(N2CC(C)C(N)C2)n1. The third-order valence-electron chi connectivity index (χ3n) is 3.20. The molecule has 0 spiro atoms. The van der Waals surface area contributed by atoms with E-state index < -0.39 is 5.97 Å². The fourth-order valence-corrected chi connectivity index (χ4v) is 2.08. The summed E-state index contributed by atoms with van der Waals surface area (Å²) < 4.78 is 4.64. The molecule has 1 aromatic heterocycles. The summed E-state index contributed by atoms with van der Waals surface area (Å²) in [4.78, 5) is 21.9. The fraction of sp³-hybridized carbons (Fsp3) is 0.583. The Labute approximate surface area is 106 Å². The summed E-state index contributed by atoms with van der Waals surface area (Å²) >= 11 is 0. The smallest absolute Gasteiger partial charge is 0.376 e. The summed E-state index contributed by atoms with van der Waals surface area (Å²) in [7, 11) is 1.32. The van der Waals surface area contributed by atoms with Gasteiger partial charge in [-0.15, -0.1) is 0 Å². The Morgan fingerprint density at radius 2 is 2.22 bits per heavy atom. The Kier molecular flexibility index (Phi) is 3.47. The van der Waals surface area contributed by atoms with Gasteiger partial charge in [0.25, 0.3) is 0 Å². The monoisotopic (exact) mass is 250 g/mol. The van der Waals surface area contributed by atoms with E-state index in [2.05, 4.69) is 26.5 Å². The molecule has 2 rings (SSSR count). The second kappa shape index (κ2) is 4.89. The van der Waals surface area contributed by atoms with Gasteiger partial charge < -0.3 is 15.4 Å². The zero-order valence-corrected chi connectivity index (χ0v) is 10.9. The van der Waals surface area contributed by atoms with E-state index in [0.29, 0.717) is 5.92 Å². The zero-order valence-electron chi connectivity index (χ0n) is 10.9. The summed E-state index contributed by atoms with van der Waals surface area (Å²) in [5.74, 6) is 0.738. The van der Waals surface area contributed by atoms with Gasteiger partial charge in [0.15, 0.2) is 0 Å². The van der Waals surface area contributed by atoms with Crippen LogP contribution in [0.5, 0.6) is 0 Å². The largest absolute Gasteiger partial charge is 0.463 e. The molecule has 0 amide bonds. The van der Waals surface area contributed by atoms with Crippen LogP contribution in [-0.4, -0.2) is 42.2 Å². The van der Waals surface area contributed by atoms with Gasteiger partial charge in [0, 0.05) is 30.9 Å². The molecule has 1 saturated heterocycles. The summed E-state index contributed by atoms with van der Waals surface area (Å²) in [6, 6.07) is 2.00. The minimum absolute atomic E-state index is 0.0978. The van der Waals surface area contributed by atoms with Crippen molar-refractivity contribution in [2.75, 3.05) is 25.1 Å². The average molecular weight is 250 g/mol. The molecule has 0 aromatic carbocycles. The quantitative estimate of drug-likeness (QED) is 0.763. The van der Waals surface area contributed by atoms with Crippen molar-refractivity contribution in [1.29, 1.82) is 0 Å². The van der Waals surface area contributed by atoms with Crippen LogP contribution in [-0.2, 0) is 4.74 Å². The second-order valence-electron chi connectivity index (χ2n) is 4.73. The first-order chi connectivity index (χ1) is 8.51. The molecule has 0 aliphatic carbocycles. The van der Waals surface area contributed by atoms with Crippen molar-refractivity contribution >= 4 is 11.8 Å². The van der Waals surface area contributed by atoms with E-state index in [-0.39, 0.29) is 11.9 Å². The number of anilines is 1. The molecule has 2 heterocycles. The molecule has 1 fully saturated rings. The van der Waals surface area contributed by atoms with Gasteiger partial charge in [0.05, 0.1) is 7.11 Å². The van der Waals surface area contributed by atoms with Crippen molar-refractivity contribution in [2.24, 2.45) is 11.7 Å². The number of carbonyl (C=O) groups excluding carboxylic acids is 1. The van der Waals surface area contributed by atoms with Crippen LogP contribution in [0.25, 0.3) is 0 Å². The first-order valence-corrected chi connectivity index (χ1v) is 5.95. The lowest BCUT2D eigenvalue weighted by atomic mass is 10.1. The maximum Gasteiger partial charge on any atom is 0.376 e. The van der Waals surface area contributed by atoms with Crippen molar-refractivity contribution in [1.82, 2.24) is 9.97 Å². The number of hydrogen-bond donors (Lipinski definition) is 1. The Hall–Kier alpha value is -1.69. The number of methoxy groups -OCH3 is 1. The van der Waals surface area contributed by atoms with E-state index in [4.69, 9.17) is 5.73 Å². The lowest BCUT2D eigenvalue weighted by Gasteiger charge is -2.17. The van der Waals surface area contributed by atoms with Crippen molar-refractivity contribution in [2.45, 2.75) is 19.9 Å². The summed E-state index contributed by atoms with van der Waals surface area (Å²) in [5.41, 5.74) is 6.74. The minimum Gasteiger partial charge on any atom is -0.463 e. The molecule has 2 atom stereocenters. The Morgan fingerprint density at radius 3 is 2.78 bits per heavy atom. The molecule has 2 N–H and O–H groups in total. The van der Waals surface area contributed by atoms with Crippen molar-refractivity contribution in [3.8, 4) is 0 Å². The normalized spacial score (nSPS) is 23.2. The van der Waals surface area contributed by atoms with Gasteiger partial charge in [0.2, 0.25) is 5.82 Å². The second-order valence-corrected chi connectivity index (χ2v) is 4.73. The van der Waals surface area contributed by atoms with Gasteiger partial charge in [-0.05, 0) is 12.8 Å². The molecule has 1 aliphatic rings. The molecule has 0 bridgehead atoms. The number of aromatic nitrogens is 2. The van der Waals surface area contributed by atoms with Crippen LogP contribution in [0, 0.1) is 12.8 Å². The topological polar surface area (TPSA) is 81.3 Å². The van der Waals surface area contributed by atoms with Gasteiger partial charge >= 0.3 is 5.97 Å². The molecule has 6 heteroatoms. The van der Waals surface area contributed by atoms with Crippen LogP contribution < -0.4 is 10.6 Å². The highest BCUT2D eigenvalue weighted by Gasteiger charge is 2.28. The molecule has 6 nitrogen and oxygen atoms in total. The minimum atomic E-state index is -0.517. The Balaban J connectivity index is 2.28. The number of esters is 1. The van der Waals surface area contributed by atoms with Crippen molar-refractivity contribution in [3.63, 3.8) is 0 Å². The molecule has 0 radical (unpaired) electrons. The van der Waals surface area contributed by atoms with Crippen LogP contribution in [0.4, 0.5) is 5.82 Å². The molecule has 18 heavy (non-hydrogen) atoms. The van der Waals surface area contributed by atoms with E-state index in [9.17, 15) is 4.79 Å². The fourth-order valence-electron chi connectivity index (χ4n) is 2.08. The number of ether oxygens (including phenoxy) is 1. The molecule has 98 valence electrons. The third-order valence-corrected chi connectivity index (χ3v) is 3.20. The summed E-state index contributed by atoms with van der Waals surface area (Å²) in [5, 5.41) is 0. The molecular formula is C12H18N4O2. The highest BCUT2D eigenvalue weighted by atomic mass is 16.5. The molecule has 0 saturated carbocycles. The van der Waals surface area contributed by atoms with Crippen LogP contribution in [0.1, 0.15) is 23.2 Å². The standard InChI is InChI=1S/C12H18N4O2/c1-7-5-16(6-9(7)13)10-4-8(2)14-11(15-10)12(17)18-3/h4,7,9H,5-6,13H2,1-3H3. The summed E-state index contributed by atoms with van der Waals surface area (Å²) in [6.07, 6.45) is 0. The number of nitrogens with zero attached hydrogens (tertiary/aromatic N) is 3. The number of hydrogen-bond acceptors (Lipinski definition) is 6. The third kappa shape index (κ3) is 2.43. The van der Waals surface area contributed by atoms with E-state index in [1.54, 1.807) is 0 Å². The lowest BCUT2D eigenvalue weighted by Crippen LogP contribution is -2.29. The van der Waals surface area contributed by atoms with Crippen LogP contribution in [0.3, 0.4) is 0 Å². The van der Waals surface area contributed by atoms with Gasteiger partial charge in [-0.1, -0.05) is 6.92 Å². The highest BCUT2D eigenvalue weighted by Crippen LogP contribution is 2.21. The van der Waals surface area contributed by atoms with Gasteiger partial charge in [-0.2, -0.15) is 0 Å². The Bertz CT molecular complexity index is 453. The van der Waals surface area contributed by atoms with E-state index in [0.717, 1.165) is 24.6 Å². The predicted octanol–water partition coefficient (Wildman–Crippen LogP) is 0.355. The van der Waals surface area contributed by atoms with Crippen molar-refractivity contribution in [3.05, 3.63) is 17.6 Å². The number of rotatable bonds is 2. The van der Waals surface area contributed by atoms with Crippen LogP contribution in [0.2, 0.25) is 0 Å². The molecular weight excluding hydrogens is 232 g/mol. The van der Waals surface area contributed by atoms with E-state index >= 15 is 0 Å². The zero-order chi connectivity index (χ0) is 13.3. The number of carbonyl (C=O) groups is 1. The lowest BCUT2D eigenvalue weighted by molar-refractivity contribution is 0.0586. The van der Waals surface area contributed by atoms with Crippen molar-refractivity contribution < 1.29 is 9.53 Å².